The maximum atomic E-state index is 12.9. The molecule has 302 valence electrons. The quantitative estimate of drug-likeness (QED) is 0.132. The van der Waals surface area contributed by atoms with E-state index in [0.717, 1.165) is 60.9 Å². The molecule has 3 aromatic carbocycles. The van der Waals surface area contributed by atoms with Crippen molar-refractivity contribution in [2.45, 2.75) is 83.4 Å². The van der Waals surface area contributed by atoms with Gasteiger partial charge in [0.1, 0.15) is 18.1 Å². The second-order valence-corrected chi connectivity index (χ2v) is 16.5. The van der Waals surface area contributed by atoms with Gasteiger partial charge in [0, 0.05) is 36.1 Å². The molecule has 1 aliphatic carbocycles. The Labute approximate surface area is 323 Å². The molecule has 3 aromatic rings. The Balaban J connectivity index is 0.839. The monoisotopic (exact) mass is 802 g/mol. The molecule has 12 nitrogen and oxygen atoms in total. The number of benzene rings is 3. The normalized spacial score (nSPS) is 30.0. The standard InChI is InChI=1S/C40H45F3N2O10S/c1-25-4-17-34-26(2)36(51-37-39(34)33(25)18-20-38(3,53-37)54-55-39)49-22-21-44-35(46)29-9-5-28(6-10-29)24-50-31-13-7-27(8-14-31)19-23-56(47,48)45-30-11-15-32(16-12-30)52-40(41,42)43/h5-16,19,23,25-26,33-34,36-37,45H,4,17-18,20-22,24H2,1-3H3,(H,44,46)/b23-19+/t25-,26-,33+,34+,36-,37-,38-,39-/m1/s1. The van der Waals surface area contributed by atoms with Crippen molar-refractivity contribution in [3.8, 4) is 11.5 Å². The first-order valence-electron chi connectivity index (χ1n) is 18.6. The van der Waals surface area contributed by atoms with Crippen LogP contribution in [0.1, 0.15) is 67.9 Å². The molecular formula is C40H45F3N2O10S. The Morgan fingerprint density at radius 1 is 0.929 bits per heavy atom. The van der Waals surface area contributed by atoms with Crippen LogP contribution in [0.15, 0.2) is 78.2 Å². The van der Waals surface area contributed by atoms with Crippen LogP contribution in [-0.2, 0) is 40.6 Å². The van der Waals surface area contributed by atoms with Gasteiger partial charge in [0.05, 0.1) is 12.0 Å². The molecule has 0 radical (unpaired) electrons. The first-order valence-corrected chi connectivity index (χ1v) is 20.1. The van der Waals surface area contributed by atoms with Gasteiger partial charge < -0.3 is 29.0 Å². The first kappa shape index (κ1) is 40.0. The van der Waals surface area contributed by atoms with Gasteiger partial charge in [-0.25, -0.2) is 18.2 Å². The fourth-order valence-corrected chi connectivity index (χ4v) is 9.06. The second kappa shape index (κ2) is 16.0. The zero-order valence-corrected chi connectivity index (χ0v) is 31.9. The number of carbonyl (C=O) groups is 1. The minimum absolute atomic E-state index is 0.0392. The number of alkyl halides is 3. The van der Waals surface area contributed by atoms with Gasteiger partial charge in [-0.2, -0.15) is 0 Å². The van der Waals surface area contributed by atoms with Crippen LogP contribution in [0, 0.1) is 23.7 Å². The van der Waals surface area contributed by atoms with E-state index in [0.29, 0.717) is 29.3 Å². The highest BCUT2D eigenvalue weighted by Crippen LogP contribution is 2.60. The van der Waals surface area contributed by atoms with Crippen LogP contribution in [0.3, 0.4) is 0 Å². The summed E-state index contributed by atoms with van der Waals surface area (Å²) in [5, 5.41) is 3.86. The van der Waals surface area contributed by atoms with Gasteiger partial charge in [-0.1, -0.05) is 38.1 Å². The Morgan fingerprint density at radius 3 is 2.36 bits per heavy atom. The van der Waals surface area contributed by atoms with Crippen molar-refractivity contribution < 1.29 is 59.8 Å². The topological polar surface area (TPSA) is 140 Å². The molecule has 1 spiro atoms. The predicted molar refractivity (Wildman–Crippen MR) is 197 cm³/mol. The van der Waals surface area contributed by atoms with Crippen LogP contribution in [0.2, 0.25) is 0 Å². The molecule has 0 aromatic heterocycles. The molecule has 4 heterocycles. The summed E-state index contributed by atoms with van der Waals surface area (Å²) in [6, 6.07) is 18.1. The molecule has 2 bridgehead atoms. The third-order valence-electron chi connectivity index (χ3n) is 11.1. The molecule has 16 heteroatoms. The molecule has 8 atom stereocenters. The third-order valence-corrected chi connectivity index (χ3v) is 12.1. The molecule has 8 rings (SSSR count). The molecular weight excluding hydrogens is 758 g/mol. The molecule has 5 fully saturated rings. The lowest BCUT2D eigenvalue weighted by Gasteiger charge is -2.60. The van der Waals surface area contributed by atoms with Crippen LogP contribution in [0.25, 0.3) is 6.08 Å². The maximum absolute atomic E-state index is 12.9. The first-order chi connectivity index (χ1) is 26.6. The van der Waals surface area contributed by atoms with Crippen molar-refractivity contribution in [1.82, 2.24) is 5.32 Å². The summed E-state index contributed by atoms with van der Waals surface area (Å²) in [6.45, 7) is 7.08. The van der Waals surface area contributed by atoms with Gasteiger partial charge in [-0.3, -0.25) is 9.52 Å². The summed E-state index contributed by atoms with van der Waals surface area (Å²) in [7, 11) is -3.95. The lowest BCUT2D eigenvalue weighted by atomic mass is 9.58. The SMILES string of the molecule is C[C@H]1[C@H](OCCNC(=O)c2ccc(COc3ccc(/C=C/S(=O)(=O)Nc4ccc(OC(F)(F)F)cc4)cc3)cc2)O[C@@H]2O[C@@]3(C)CC[C@H]4[C@H](C)CC[C@@H]1[C@@]24OO3. The van der Waals surface area contributed by atoms with Crippen LogP contribution in [-0.4, -0.2) is 57.8 Å². The fraction of sp³-hybridized carbons (Fsp3) is 0.475. The maximum Gasteiger partial charge on any atom is 0.573 e. The van der Waals surface area contributed by atoms with E-state index in [9.17, 15) is 26.4 Å². The molecule has 56 heavy (non-hydrogen) atoms. The molecule has 1 amide bonds. The smallest absolute Gasteiger partial charge is 0.489 e. The van der Waals surface area contributed by atoms with E-state index >= 15 is 0 Å². The number of ether oxygens (including phenoxy) is 5. The fourth-order valence-electron chi connectivity index (χ4n) is 8.19. The van der Waals surface area contributed by atoms with E-state index in [2.05, 4.69) is 28.6 Å². The highest BCUT2D eigenvalue weighted by atomic mass is 32.2. The number of nitrogens with one attached hydrogen (secondary N) is 2. The Morgan fingerprint density at radius 2 is 1.64 bits per heavy atom. The summed E-state index contributed by atoms with van der Waals surface area (Å²) in [4.78, 5) is 25.0. The van der Waals surface area contributed by atoms with E-state index in [1.165, 1.54) is 6.08 Å². The van der Waals surface area contributed by atoms with Crippen LogP contribution >= 0.6 is 0 Å². The van der Waals surface area contributed by atoms with Gasteiger partial charge in [-0.05, 0) is 104 Å². The van der Waals surface area contributed by atoms with E-state index in [1.807, 2.05) is 6.92 Å². The molecule has 1 saturated carbocycles. The number of fused-ring (bicyclic) bond motifs is 2. The van der Waals surface area contributed by atoms with E-state index in [-0.39, 0.29) is 42.6 Å². The number of hydrogen-bond acceptors (Lipinski definition) is 10. The van der Waals surface area contributed by atoms with Crippen molar-refractivity contribution in [2.75, 3.05) is 17.9 Å². The summed E-state index contributed by atoms with van der Waals surface area (Å²) in [5.41, 5.74) is 1.31. The van der Waals surface area contributed by atoms with E-state index in [4.69, 9.17) is 28.7 Å². The molecule has 2 N–H and O–H groups in total. The Hall–Kier alpha value is -4.19. The molecule has 0 unspecified atom stereocenters. The summed E-state index contributed by atoms with van der Waals surface area (Å²) >= 11 is 0. The average molecular weight is 803 g/mol. The van der Waals surface area contributed by atoms with Gasteiger partial charge in [-0.15, -0.1) is 13.2 Å². The van der Waals surface area contributed by atoms with Crippen molar-refractivity contribution in [2.24, 2.45) is 23.7 Å². The minimum Gasteiger partial charge on any atom is -0.489 e. The van der Waals surface area contributed by atoms with Gasteiger partial charge >= 0.3 is 6.36 Å². The molecule has 4 saturated heterocycles. The number of carbonyl (C=O) groups excluding carboxylic acids is 1. The van der Waals surface area contributed by atoms with Gasteiger partial charge in [0.25, 0.3) is 15.9 Å². The van der Waals surface area contributed by atoms with Crippen molar-refractivity contribution in [3.63, 3.8) is 0 Å². The van der Waals surface area contributed by atoms with Crippen molar-refractivity contribution >= 4 is 27.7 Å². The lowest BCUT2D eigenvalue weighted by Crippen LogP contribution is -2.70. The number of anilines is 1. The number of amides is 1. The third kappa shape index (κ3) is 9.00. The second-order valence-electron chi connectivity index (χ2n) is 15.0. The molecule has 5 aliphatic rings. The molecule has 4 aliphatic heterocycles. The number of halogens is 3. The van der Waals surface area contributed by atoms with Gasteiger partial charge in [0.15, 0.2) is 18.2 Å². The van der Waals surface area contributed by atoms with Crippen LogP contribution in [0.4, 0.5) is 18.9 Å². The zero-order chi connectivity index (χ0) is 39.7. The highest BCUT2D eigenvalue weighted by molar-refractivity contribution is 7.95. The zero-order valence-electron chi connectivity index (χ0n) is 31.1. The average Bonchev–Trinajstić information content (AvgIpc) is 3.39. The largest absolute Gasteiger partial charge is 0.573 e. The van der Waals surface area contributed by atoms with E-state index < -0.39 is 46.1 Å². The van der Waals surface area contributed by atoms with Crippen molar-refractivity contribution in [1.29, 1.82) is 0 Å². The summed E-state index contributed by atoms with van der Waals surface area (Å²) in [6.07, 6.45) is -0.815. The minimum atomic E-state index is -4.85. The Kier molecular flexibility index (Phi) is 11.4. The number of rotatable bonds is 13. The van der Waals surface area contributed by atoms with E-state index in [1.54, 1.807) is 48.5 Å². The Bertz CT molecular complexity index is 1980. The number of sulfonamides is 1. The summed E-state index contributed by atoms with van der Waals surface area (Å²) in [5.74, 6) is -0.0826. The van der Waals surface area contributed by atoms with Crippen LogP contribution in [0.5, 0.6) is 11.5 Å². The lowest BCUT2D eigenvalue weighted by molar-refractivity contribution is -0.577. The highest BCUT2D eigenvalue weighted by Gasteiger charge is 2.69. The predicted octanol–water partition coefficient (Wildman–Crippen LogP) is 7.53. The van der Waals surface area contributed by atoms with Crippen molar-refractivity contribution in [3.05, 3.63) is 94.9 Å². The van der Waals surface area contributed by atoms with Crippen LogP contribution < -0.4 is 19.5 Å². The summed E-state index contributed by atoms with van der Waals surface area (Å²) < 4.78 is 92.9. The van der Waals surface area contributed by atoms with Gasteiger partial charge in [0.2, 0.25) is 5.79 Å². The number of hydrogen-bond donors (Lipinski definition) is 2.